The highest BCUT2D eigenvalue weighted by molar-refractivity contribution is 7.19. The van der Waals surface area contributed by atoms with Crippen LogP contribution < -0.4 is 10.4 Å². The summed E-state index contributed by atoms with van der Waals surface area (Å²) in [6.45, 7) is 14.2. The van der Waals surface area contributed by atoms with Crippen LogP contribution in [0.5, 0.6) is 0 Å². The van der Waals surface area contributed by atoms with Crippen molar-refractivity contribution in [3.8, 4) is 87.2 Å². The van der Waals surface area contributed by atoms with Crippen molar-refractivity contribution in [3.05, 3.63) is 192 Å². The molecule has 5 heteroatoms. The lowest BCUT2D eigenvalue weighted by atomic mass is 9.97. The zero-order chi connectivity index (χ0) is 51.5. The SMILES string of the molecule is CCCCC(CC)C[Si]1(CC(CC)CCCC)c2cc(C)ccc2-c2ccc(-c3ccc(-c4ccc(-c5ccc(C)s5)c5nc(-c6ccc(-c7ccccc7)cc6)c(-c6ccc(-c7ccccc7)cc6)nc45)s3)cc21. The Hall–Kier alpha value is -6.50. The van der Waals surface area contributed by atoms with E-state index in [4.69, 9.17) is 9.97 Å². The molecule has 0 saturated heterocycles. The van der Waals surface area contributed by atoms with Gasteiger partial charge in [0.2, 0.25) is 0 Å². The Balaban J connectivity index is 1.06. The average molecular weight is 1030 g/mol. The lowest BCUT2D eigenvalue weighted by molar-refractivity contribution is 0.469. The van der Waals surface area contributed by atoms with Crippen LogP contribution in [-0.2, 0) is 0 Å². The molecule has 0 aliphatic carbocycles. The Morgan fingerprint density at radius 3 is 1.32 bits per heavy atom. The highest BCUT2D eigenvalue weighted by Gasteiger charge is 2.47. The Morgan fingerprint density at radius 2 is 0.827 bits per heavy atom. The molecule has 75 heavy (non-hydrogen) atoms. The summed E-state index contributed by atoms with van der Waals surface area (Å²) < 4.78 is 0. The first-order chi connectivity index (χ1) is 36.8. The van der Waals surface area contributed by atoms with Crippen molar-refractivity contribution in [2.75, 3.05) is 0 Å². The summed E-state index contributed by atoms with van der Waals surface area (Å²) >= 11 is 3.72. The largest absolute Gasteiger partial charge is 0.243 e. The quantitative estimate of drug-likeness (QED) is 0.0755. The number of unbranched alkanes of at least 4 members (excludes halogenated alkanes) is 2. The van der Waals surface area contributed by atoms with Crippen LogP contribution in [0.3, 0.4) is 0 Å². The van der Waals surface area contributed by atoms with Crippen LogP contribution in [0, 0.1) is 25.7 Å². The maximum Gasteiger partial charge on any atom is 0.120 e. The lowest BCUT2D eigenvalue weighted by Crippen LogP contribution is -2.57. The van der Waals surface area contributed by atoms with Crippen LogP contribution >= 0.6 is 22.7 Å². The van der Waals surface area contributed by atoms with Gasteiger partial charge in [0.25, 0.3) is 0 Å². The van der Waals surface area contributed by atoms with Gasteiger partial charge in [-0.25, -0.2) is 9.97 Å². The number of thiophene rings is 2. The normalized spacial score (nSPS) is 14.7. The van der Waals surface area contributed by atoms with Crippen LogP contribution in [0.2, 0.25) is 12.1 Å². The molecule has 0 N–H and O–H groups in total. The minimum atomic E-state index is -2.20. The molecule has 376 valence electrons. The molecular weight excluding hydrogens is 961 g/mol. The Morgan fingerprint density at radius 1 is 0.400 bits per heavy atom. The molecule has 2 atom stereocenters. The molecule has 2 unspecified atom stereocenters. The first-order valence-electron chi connectivity index (χ1n) is 27.9. The van der Waals surface area contributed by atoms with Crippen LogP contribution in [-0.4, -0.2) is 18.0 Å². The van der Waals surface area contributed by atoms with Crippen LogP contribution in [0.1, 0.15) is 89.5 Å². The molecule has 4 heterocycles. The predicted molar refractivity (Wildman–Crippen MR) is 330 cm³/mol. The zero-order valence-electron chi connectivity index (χ0n) is 44.8. The van der Waals surface area contributed by atoms with Gasteiger partial charge in [0.05, 0.1) is 22.4 Å². The molecule has 0 bridgehead atoms. The lowest BCUT2D eigenvalue weighted by Gasteiger charge is -2.37. The van der Waals surface area contributed by atoms with Crippen molar-refractivity contribution in [2.45, 2.75) is 105 Å². The molecule has 0 fully saturated rings. The third-order valence-corrected chi connectivity index (χ3v) is 24.0. The number of rotatable bonds is 19. The van der Waals surface area contributed by atoms with Crippen molar-refractivity contribution in [1.29, 1.82) is 0 Å². The van der Waals surface area contributed by atoms with Crippen molar-refractivity contribution in [1.82, 2.24) is 9.97 Å². The van der Waals surface area contributed by atoms with E-state index in [2.05, 4.69) is 224 Å². The van der Waals surface area contributed by atoms with E-state index in [1.54, 1.807) is 10.4 Å². The van der Waals surface area contributed by atoms with Gasteiger partial charge in [-0.15, -0.1) is 22.7 Å². The van der Waals surface area contributed by atoms with Gasteiger partial charge in [0.1, 0.15) is 8.07 Å². The fourth-order valence-corrected chi connectivity index (χ4v) is 20.8. The summed E-state index contributed by atoms with van der Waals surface area (Å²) in [4.78, 5) is 16.6. The van der Waals surface area contributed by atoms with Crippen molar-refractivity contribution in [2.24, 2.45) is 11.8 Å². The Kier molecular flexibility index (Phi) is 15.1. The number of aryl methyl sites for hydroxylation is 2. The predicted octanol–water partition coefficient (Wildman–Crippen LogP) is 20.0. The molecule has 1 aliphatic rings. The molecule has 3 aromatic heterocycles. The van der Waals surface area contributed by atoms with E-state index in [-0.39, 0.29) is 0 Å². The number of nitrogens with zero attached hydrogens (tertiary/aromatic N) is 2. The smallest absolute Gasteiger partial charge is 0.120 e. The average Bonchev–Trinajstić information content (AvgIpc) is 4.20. The van der Waals surface area contributed by atoms with E-state index in [9.17, 15) is 0 Å². The molecule has 1 aliphatic heterocycles. The van der Waals surface area contributed by atoms with E-state index in [0.29, 0.717) is 0 Å². The summed E-state index contributed by atoms with van der Waals surface area (Å²) in [5.41, 5.74) is 18.5. The summed E-state index contributed by atoms with van der Waals surface area (Å²) in [7, 11) is -2.20. The van der Waals surface area contributed by atoms with Crippen LogP contribution in [0.15, 0.2) is 182 Å². The second kappa shape index (κ2) is 22.4. The third-order valence-electron chi connectivity index (χ3n) is 16.4. The minimum absolute atomic E-state index is 0.743. The highest BCUT2D eigenvalue weighted by atomic mass is 32.1. The van der Waals surface area contributed by atoms with E-state index < -0.39 is 8.07 Å². The summed E-state index contributed by atoms with van der Waals surface area (Å²) in [5.74, 6) is 1.49. The monoisotopic (exact) mass is 1030 g/mol. The van der Waals surface area contributed by atoms with Crippen molar-refractivity contribution < 1.29 is 0 Å². The second-order valence-corrected chi connectivity index (χ2v) is 27.8. The fraction of sp³-hybridized carbons (Fsp3) is 0.257. The molecular formula is C70H70N2S2Si. The van der Waals surface area contributed by atoms with E-state index in [1.165, 1.54) is 127 Å². The van der Waals surface area contributed by atoms with E-state index in [0.717, 1.165) is 56.5 Å². The molecule has 0 radical (unpaired) electrons. The minimum Gasteiger partial charge on any atom is -0.243 e. The highest BCUT2D eigenvalue weighted by Crippen LogP contribution is 2.46. The standard InChI is InChI=1S/C70H70N2S2Si/c1-7-11-19-49(9-3)45-75(46-50(10-4)20-12-8-2)65-43-47(5)25-36-58(65)59-37-35-57(44-66(59)75)62-41-42-64(74-62)61-39-38-60(63-40-26-48(6)73-63)69-70(61)72-68(56-33-29-54(30-34-56)52-23-17-14-18-24-52)67(71-69)55-31-27-53(28-32-55)51-21-15-13-16-22-51/h13-18,21-44,49-50H,7-12,19-20,45-46H2,1-6H3. The van der Waals surface area contributed by atoms with Gasteiger partial charge in [0.15, 0.2) is 0 Å². The van der Waals surface area contributed by atoms with Gasteiger partial charge < -0.3 is 0 Å². The topological polar surface area (TPSA) is 25.8 Å². The maximum absolute atomic E-state index is 5.82. The summed E-state index contributed by atoms with van der Waals surface area (Å²) in [5, 5.41) is 3.41. The number of hydrogen-bond donors (Lipinski definition) is 0. The molecule has 2 nitrogen and oxygen atoms in total. The Labute approximate surface area is 455 Å². The van der Waals surface area contributed by atoms with Gasteiger partial charge in [-0.3, -0.25) is 0 Å². The maximum atomic E-state index is 5.82. The number of benzene rings is 7. The number of aromatic nitrogens is 2. The van der Waals surface area contributed by atoms with Crippen molar-refractivity contribution in [3.63, 3.8) is 0 Å². The molecule has 0 amide bonds. The first kappa shape index (κ1) is 50.6. The number of hydrogen-bond acceptors (Lipinski definition) is 4. The molecule has 0 saturated carbocycles. The summed E-state index contributed by atoms with van der Waals surface area (Å²) in [6.07, 6.45) is 10.4. The molecule has 7 aromatic carbocycles. The Bertz CT molecular complexity index is 3550. The van der Waals surface area contributed by atoms with Gasteiger partial charge in [-0.1, -0.05) is 242 Å². The number of fused-ring (bicyclic) bond motifs is 4. The molecule has 11 rings (SSSR count). The first-order valence-corrected chi connectivity index (χ1v) is 31.9. The van der Waals surface area contributed by atoms with Crippen LogP contribution in [0.4, 0.5) is 0 Å². The fourth-order valence-electron chi connectivity index (χ4n) is 12.2. The van der Waals surface area contributed by atoms with Gasteiger partial charge in [0, 0.05) is 41.8 Å². The summed E-state index contributed by atoms with van der Waals surface area (Å²) in [6, 6.07) is 70.7. The van der Waals surface area contributed by atoms with Crippen LogP contribution in [0.25, 0.3) is 98.3 Å². The third kappa shape index (κ3) is 10.2. The van der Waals surface area contributed by atoms with Gasteiger partial charge in [-0.05, 0) is 111 Å². The van der Waals surface area contributed by atoms with E-state index in [1.807, 2.05) is 22.7 Å². The molecule has 0 spiro atoms. The van der Waals surface area contributed by atoms with Gasteiger partial charge in [-0.2, -0.15) is 0 Å². The second-order valence-electron chi connectivity index (χ2n) is 21.4. The van der Waals surface area contributed by atoms with Crippen molar-refractivity contribution >= 4 is 52.2 Å². The zero-order valence-corrected chi connectivity index (χ0v) is 47.4. The van der Waals surface area contributed by atoms with E-state index >= 15 is 0 Å². The van der Waals surface area contributed by atoms with Gasteiger partial charge >= 0.3 is 0 Å². The molecule has 10 aromatic rings.